The van der Waals surface area contributed by atoms with Crippen LogP contribution in [0, 0.1) is 0 Å². The average Bonchev–Trinajstić information content (AvgIpc) is 1.89. The summed E-state index contributed by atoms with van der Waals surface area (Å²) in [5.41, 5.74) is 0.279. The van der Waals surface area contributed by atoms with Gasteiger partial charge in [0.25, 0.3) is 0 Å². The minimum Gasteiger partial charge on any atom is -0.411 e. The van der Waals surface area contributed by atoms with Gasteiger partial charge in [-0.05, 0) is 12.8 Å². The van der Waals surface area contributed by atoms with Crippen molar-refractivity contribution < 1.29 is 10.0 Å². The van der Waals surface area contributed by atoms with Crippen molar-refractivity contribution in [3.8, 4) is 0 Å². The molecule has 0 fully saturated rings. The molecule has 0 atom stereocenters. The summed E-state index contributed by atoms with van der Waals surface area (Å²) in [7, 11) is 0. The number of Topliss-reactive ketones (excluding diaryl/α,β-unsaturated/α-hetero) is 1. The summed E-state index contributed by atoms with van der Waals surface area (Å²) in [5.74, 6) is -0.143. The minimum absolute atomic E-state index is 0.143. The molecule has 10 heavy (non-hydrogen) atoms. The molecule has 1 N–H and O–H groups in total. The lowest BCUT2D eigenvalue weighted by Gasteiger charge is -1.95. The SMILES string of the molecule is CCCC/C(=N/O)C(C)=O. The zero-order chi connectivity index (χ0) is 7.98. The van der Waals surface area contributed by atoms with Crippen molar-refractivity contribution in [1.29, 1.82) is 0 Å². The van der Waals surface area contributed by atoms with Gasteiger partial charge >= 0.3 is 0 Å². The van der Waals surface area contributed by atoms with Crippen LogP contribution in [0.2, 0.25) is 0 Å². The van der Waals surface area contributed by atoms with Gasteiger partial charge in [-0.25, -0.2) is 0 Å². The minimum atomic E-state index is -0.143. The van der Waals surface area contributed by atoms with Crippen molar-refractivity contribution >= 4 is 11.5 Å². The van der Waals surface area contributed by atoms with Crippen LogP contribution in [0.15, 0.2) is 5.16 Å². The van der Waals surface area contributed by atoms with E-state index in [2.05, 4.69) is 5.16 Å². The van der Waals surface area contributed by atoms with E-state index in [-0.39, 0.29) is 11.5 Å². The van der Waals surface area contributed by atoms with Crippen LogP contribution in [0.4, 0.5) is 0 Å². The Hall–Kier alpha value is -0.860. The highest BCUT2D eigenvalue weighted by atomic mass is 16.4. The molecular weight excluding hydrogens is 130 g/mol. The van der Waals surface area contributed by atoms with Gasteiger partial charge in [-0.2, -0.15) is 0 Å². The largest absolute Gasteiger partial charge is 0.411 e. The second kappa shape index (κ2) is 4.97. The molecule has 0 aliphatic rings. The molecule has 0 bridgehead atoms. The van der Waals surface area contributed by atoms with Crippen LogP contribution in [0.1, 0.15) is 33.1 Å². The van der Waals surface area contributed by atoms with Gasteiger partial charge in [0.15, 0.2) is 5.78 Å². The number of unbranched alkanes of at least 4 members (excludes halogenated alkanes) is 1. The average molecular weight is 143 g/mol. The second-order valence-corrected chi connectivity index (χ2v) is 2.21. The van der Waals surface area contributed by atoms with Crippen LogP contribution >= 0.6 is 0 Å². The van der Waals surface area contributed by atoms with Crippen molar-refractivity contribution in [2.45, 2.75) is 33.1 Å². The maximum absolute atomic E-state index is 10.6. The molecule has 0 saturated heterocycles. The maximum atomic E-state index is 10.6. The molecule has 58 valence electrons. The Bertz CT molecular complexity index is 141. The van der Waals surface area contributed by atoms with Gasteiger partial charge in [-0.15, -0.1) is 0 Å². The molecule has 0 spiro atoms. The molecule has 0 radical (unpaired) electrons. The van der Waals surface area contributed by atoms with E-state index in [1.807, 2.05) is 6.92 Å². The summed E-state index contributed by atoms with van der Waals surface area (Å²) in [6, 6.07) is 0. The smallest absolute Gasteiger partial charge is 0.177 e. The van der Waals surface area contributed by atoms with Crippen LogP contribution in [-0.4, -0.2) is 16.7 Å². The first-order chi connectivity index (χ1) is 4.72. The highest BCUT2D eigenvalue weighted by molar-refractivity contribution is 6.38. The molecular formula is C7H13NO2. The Morgan fingerprint density at radius 1 is 1.60 bits per heavy atom. The first-order valence-corrected chi connectivity index (χ1v) is 3.44. The standard InChI is InChI=1S/C7H13NO2/c1-3-4-5-7(8-10)6(2)9/h10H,3-5H2,1-2H3/b8-7-. The van der Waals surface area contributed by atoms with Gasteiger partial charge in [-0.1, -0.05) is 18.5 Å². The fourth-order valence-corrected chi connectivity index (χ4v) is 0.641. The summed E-state index contributed by atoms with van der Waals surface area (Å²) >= 11 is 0. The molecule has 0 unspecified atom stereocenters. The van der Waals surface area contributed by atoms with Crippen LogP contribution in [0.25, 0.3) is 0 Å². The number of hydrogen-bond donors (Lipinski definition) is 1. The van der Waals surface area contributed by atoms with E-state index in [1.54, 1.807) is 0 Å². The number of nitrogens with zero attached hydrogens (tertiary/aromatic N) is 1. The van der Waals surface area contributed by atoms with Crippen molar-refractivity contribution in [3.05, 3.63) is 0 Å². The fraction of sp³-hybridized carbons (Fsp3) is 0.714. The highest BCUT2D eigenvalue weighted by Crippen LogP contribution is 1.97. The normalized spacial score (nSPS) is 11.6. The summed E-state index contributed by atoms with van der Waals surface area (Å²) < 4.78 is 0. The topological polar surface area (TPSA) is 49.7 Å². The number of carbonyl (C=O) groups is 1. The quantitative estimate of drug-likeness (QED) is 0.369. The predicted molar refractivity (Wildman–Crippen MR) is 39.4 cm³/mol. The number of hydrogen-bond acceptors (Lipinski definition) is 3. The third-order valence-corrected chi connectivity index (χ3v) is 1.29. The van der Waals surface area contributed by atoms with E-state index >= 15 is 0 Å². The summed E-state index contributed by atoms with van der Waals surface area (Å²) in [6.07, 6.45) is 2.49. The highest BCUT2D eigenvalue weighted by Gasteiger charge is 2.03. The molecule has 0 amide bonds. The van der Waals surface area contributed by atoms with Gasteiger partial charge in [0.1, 0.15) is 5.71 Å². The molecule has 0 aromatic heterocycles. The molecule has 0 rings (SSSR count). The first-order valence-electron chi connectivity index (χ1n) is 3.44. The van der Waals surface area contributed by atoms with Crippen LogP contribution in [-0.2, 0) is 4.79 Å². The molecule has 0 aromatic rings. The molecule has 0 heterocycles. The summed E-state index contributed by atoms with van der Waals surface area (Å²) in [5, 5.41) is 11.2. The Kier molecular flexibility index (Phi) is 4.54. The summed E-state index contributed by atoms with van der Waals surface area (Å²) in [6.45, 7) is 3.43. The van der Waals surface area contributed by atoms with Crippen molar-refractivity contribution in [1.82, 2.24) is 0 Å². The third-order valence-electron chi connectivity index (χ3n) is 1.29. The van der Waals surface area contributed by atoms with E-state index in [1.165, 1.54) is 6.92 Å². The fourth-order valence-electron chi connectivity index (χ4n) is 0.641. The second-order valence-electron chi connectivity index (χ2n) is 2.21. The zero-order valence-corrected chi connectivity index (χ0v) is 6.42. The van der Waals surface area contributed by atoms with Crippen LogP contribution < -0.4 is 0 Å². The van der Waals surface area contributed by atoms with E-state index in [4.69, 9.17) is 5.21 Å². The number of carbonyl (C=O) groups excluding carboxylic acids is 1. The Balaban J connectivity index is 3.74. The van der Waals surface area contributed by atoms with Crippen LogP contribution in [0.3, 0.4) is 0 Å². The van der Waals surface area contributed by atoms with Gasteiger partial charge < -0.3 is 5.21 Å². The number of ketones is 1. The monoisotopic (exact) mass is 143 g/mol. The van der Waals surface area contributed by atoms with Gasteiger partial charge in [-0.3, -0.25) is 4.79 Å². The molecule has 3 heteroatoms. The lowest BCUT2D eigenvalue weighted by molar-refractivity contribution is -0.111. The lowest BCUT2D eigenvalue weighted by atomic mass is 10.1. The van der Waals surface area contributed by atoms with Gasteiger partial charge in [0.2, 0.25) is 0 Å². The van der Waals surface area contributed by atoms with Crippen LogP contribution in [0.5, 0.6) is 0 Å². The lowest BCUT2D eigenvalue weighted by Crippen LogP contribution is -2.09. The zero-order valence-electron chi connectivity index (χ0n) is 6.42. The van der Waals surface area contributed by atoms with E-state index in [0.29, 0.717) is 6.42 Å². The molecule has 0 aliphatic heterocycles. The molecule has 0 aliphatic carbocycles. The first kappa shape index (κ1) is 9.14. The van der Waals surface area contributed by atoms with Crippen molar-refractivity contribution in [2.24, 2.45) is 5.16 Å². The van der Waals surface area contributed by atoms with E-state index in [9.17, 15) is 4.79 Å². The Morgan fingerprint density at radius 3 is 2.50 bits per heavy atom. The van der Waals surface area contributed by atoms with E-state index in [0.717, 1.165) is 12.8 Å². The number of rotatable bonds is 4. The maximum Gasteiger partial charge on any atom is 0.177 e. The number of oxime groups is 1. The molecule has 0 saturated carbocycles. The van der Waals surface area contributed by atoms with Gasteiger partial charge in [0.05, 0.1) is 0 Å². The third kappa shape index (κ3) is 3.22. The molecule has 3 nitrogen and oxygen atoms in total. The molecule has 0 aromatic carbocycles. The predicted octanol–water partition coefficient (Wildman–Crippen LogP) is 1.60. The van der Waals surface area contributed by atoms with E-state index < -0.39 is 0 Å². The van der Waals surface area contributed by atoms with Gasteiger partial charge in [0, 0.05) is 6.92 Å². The Labute approximate surface area is 60.7 Å². The van der Waals surface area contributed by atoms with Crippen molar-refractivity contribution in [2.75, 3.05) is 0 Å². The van der Waals surface area contributed by atoms with Crippen molar-refractivity contribution in [3.63, 3.8) is 0 Å². The summed E-state index contributed by atoms with van der Waals surface area (Å²) in [4.78, 5) is 10.6. The Morgan fingerprint density at radius 2 is 2.20 bits per heavy atom.